The van der Waals surface area contributed by atoms with Crippen molar-refractivity contribution in [2.24, 2.45) is 5.73 Å². The van der Waals surface area contributed by atoms with Crippen LogP contribution >= 0.6 is 0 Å². The number of rotatable bonds is 1. The van der Waals surface area contributed by atoms with Gasteiger partial charge < -0.3 is 10.3 Å². The third-order valence-electron chi connectivity index (χ3n) is 3.11. The molecule has 5 heteroatoms. The Labute approximate surface area is 93.4 Å². The number of nitrogens with two attached hydrogens (primary N) is 1. The fourth-order valence-corrected chi connectivity index (χ4v) is 2.26. The van der Waals surface area contributed by atoms with Crippen LogP contribution in [0, 0.1) is 0 Å². The molecular formula is C11H15N4O+. The molecule has 0 unspecified atom stereocenters. The van der Waals surface area contributed by atoms with Crippen LogP contribution < -0.4 is 15.3 Å². The Balaban J connectivity index is 2.17. The predicted octanol–water partition coefficient (Wildman–Crippen LogP) is -0.344. The van der Waals surface area contributed by atoms with Crippen molar-refractivity contribution in [1.29, 1.82) is 0 Å². The predicted molar refractivity (Wildman–Crippen MR) is 58.7 cm³/mol. The van der Waals surface area contributed by atoms with Crippen molar-refractivity contribution in [3.63, 3.8) is 0 Å². The van der Waals surface area contributed by atoms with Gasteiger partial charge in [-0.15, -0.1) is 0 Å². The molecule has 16 heavy (non-hydrogen) atoms. The molecule has 0 aliphatic carbocycles. The number of nitrogens with zero attached hydrogens (tertiary/aromatic N) is 3. The number of aromatic nitrogens is 3. The number of fused-ring (bicyclic) bond motifs is 3. The van der Waals surface area contributed by atoms with Crippen LogP contribution in [0.5, 0.6) is 0 Å². The smallest absolute Gasteiger partial charge is 0.250 e. The van der Waals surface area contributed by atoms with Gasteiger partial charge in [-0.3, -0.25) is 4.84 Å². The highest BCUT2D eigenvalue weighted by molar-refractivity contribution is 5.74. The molecule has 2 N–H and O–H groups in total. The Hall–Kier alpha value is -1.62. The zero-order valence-corrected chi connectivity index (χ0v) is 9.26. The van der Waals surface area contributed by atoms with Crippen LogP contribution in [0.2, 0.25) is 0 Å². The summed E-state index contributed by atoms with van der Waals surface area (Å²) in [5.74, 6) is 1.13. The van der Waals surface area contributed by atoms with Gasteiger partial charge in [0.15, 0.2) is 5.52 Å². The molecular weight excluding hydrogens is 204 g/mol. The summed E-state index contributed by atoms with van der Waals surface area (Å²) in [6.45, 7) is 0.864. The molecule has 0 aromatic carbocycles. The second-order valence-corrected chi connectivity index (χ2v) is 4.20. The molecule has 2 aromatic heterocycles. The number of aryl methyl sites for hydroxylation is 1. The number of imidazole rings is 1. The fourth-order valence-electron chi connectivity index (χ4n) is 2.26. The molecule has 0 fully saturated rings. The molecule has 1 aliphatic rings. The zero-order valence-electron chi connectivity index (χ0n) is 9.26. The highest BCUT2D eigenvalue weighted by atomic mass is 16.6. The average Bonchev–Trinajstić information content (AvgIpc) is 2.66. The Morgan fingerprint density at radius 2 is 2.50 bits per heavy atom. The number of hydrogen-bond donors (Lipinski definition) is 1. The van der Waals surface area contributed by atoms with Crippen molar-refractivity contribution in [3.05, 3.63) is 24.3 Å². The molecule has 0 spiro atoms. The maximum absolute atomic E-state index is 5.98. The van der Waals surface area contributed by atoms with E-state index < -0.39 is 0 Å². The van der Waals surface area contributed by atoms with Crippen molar-refractivity contribution in [3.8, 4) is 0 Å². The Morgan fingerprint density at radius 1 is 1.62 bits per heavy atom. The van der Waals surface area contributed by atoms with Gasteiger partial charge in [0.05, 0.1) is 5.52 Å². The highest BCUT2D eigenvalue weighted by Gasteiger charge is 2.20. The lowest BCUT2D eigenvalue weighted by Crippen LogP contribution is -2.39. The van der Waals surface area contributed by atoms with Crippen LogP contribution in [0.3, 0.4) is 0 Å². The van der Waals surface area contributed by atoms with Crippen molar-refractivity contribution in [1.82, 2.24) is 9.55 Å². The molecule has 0 amide bonds. The lowest BCUT2D eigenvalue weighted by atomic mass is 10.1. The monoisotopic (exact) mass is 219 g/mol. The molecule has 0 radical (unpaired) electrons. The van der Waals surface area contributed by atoms with E-state index in [4.69, 9.17) is 10.6 Å². The first kappa shape index (κ1) is 9.59. The summed E-state index contributed by atoms with van der Waals surface area (Å²) >= 11 is 0. The van der Waals surface area contributed by atoms with Crippen LogP contribution in [0.15, 0.2) is 18.5 Å². The molecule has 0 saturated carbocycles. The van der Waals surface area contributed by atoms with Gasteiger partial charge in [0.1, 0.15) is 12.9 Å². The van der Waals surface area contributed by atoms with Gasteiger partial charge >= 0.3 is 0 Å². The summed E-state index contributed by atoms with van der Waals surface area (Å²) in [5, 5.41) is 0. The Bertz CT molecular complexity index is 534. The molecule has 0 saturated heterocycles. The van der Waals surface area contributed by atoms with Gasteiger partial charge in [0.2, 0.25) is 12.4 Å². The SMILES string of the molecule is CO[n+]1ccc2c(c1)nc1n2C[C@H](N)CC1. The van der Waals surface area contributed by atoms with Gasteiger partial charge in [0.25, 0.3) is 0 Å². The summed E-state index contributed by atoms with van der Waals surface area (Å²) in [5.41, 5.74) is 8.08. The zero-order chi connectivity index (χ0) is 11.1. The minimum absolute atomic E-state index is 0.250. The normalized spacial score (nSPS) is 19.8. The summed E-state index contributed by atoms with van der Waals surface area (Å²) < 4.78 is 3.87. The molecule has 1 aliphatic heterocycles. The minimum Gasteiger partial charge on any atom is -0.326 e. The third-order valence-corrected chi connectivity index (χ3v) is 3.11. The molecule has 3 rings (SSSR count). The van der Waals surface area contributed by atoms with E-state index in [2.05, 4.69) is 9.55 Å². The Morgan fingerprint density at radius 3 is 3.31 bits per heavy atom. The standard InChI is InChI=1S/C11H15N4O/c1-16-14-5-4-10-9(7-14)13-11-3-2-8(12)6-15(10)11/h4-5,7-8H,2-3,6,12H2,1H3/q+1/t8-/m1/s1. The molecule has 84 valence electrons. The molecule has 3 heterocycles. The van der Waals surface area contributed by atoms with Crippen LogP contribution in [0.25, 0.3) is 11.0 Å². The first-order valence-electron chi connectivity index (χ1n) is 5.48. The fraction of sp³-hybridized carbons (Fsp3) is 0.455. The van der Waals surface area contributed by atoms with E-state index in [1.54, 1.807) is 11.8 Å². The van der Waals surface area contributed by atoms with Gasteiger partial charge in [0, 0.05) is 29.8 Å². The average molecular weight is 219 g/mol. The lowest BCUT2D eigenvalue weighted by molar-refractivity contribution is -0.884. The summed E-state index contributed by atoms with van der Waals surface area (Å²) in [6.07, 6.45) is 5.76. The third kappa shape index (κ3) is 1.36. The van der Waals surface area contributed by atoms with Gasteiger partial charge in [-0.1, -0.05) is 0 Å². The van der Waals surface area contributed by atoms with Crippen molar-refractivity contribution >= 4 is 11.0 Å². The largest absolute Gasteiger partial charge is 0.326 e. The second-order valence-electron chi connectivity index (χ2n) is 4.20. The highest BCUT2D eigenvalue weighted by Crippen LogP contribution is 2.20. The van der Waals surface area contributed by atoms with Gasteiger partial charge in [-0.05, 0) is 6.42 Å². The van der Waals surface area contributed by atoms with E-state index in [-0.39, 0.29) is 6.04 Å². The van der Waals surface area contributed by atoms with Crippen molar-refractivity contribution in [2.45, 2.75) is 25.4 Å². The van der Waals surface area contributed by atoms with Crippen LogP contribution in [-0.4, -0.2) is 22.7 Å². The molecule has 1 atom stereocenters. The van der Waals surface area contributed by atoms with E-state index in [0.29, 0.717) is 0 Å². The number of pyridine rings is 1. The van der Waals surface area contributed by atoms with Crippen LogP contribution in [0.1, 0.15) is 12.2 Å². The van der Waals surface area contributed by atoms with Crippen LogP contribution in [0.4, 0.5) is 0 Å². The van der Waals surface area contributed by atoms with Crippen molar-refractivity contribution < 1.29 is 9.57 Å². The maximum Gasteiger partial charge on any atom is 0.250 e. The van der Waals surface area contributed by atoms with E-state index in [1.807, 2.05) is 18.5 Å². The Kier molecular flexibility index (Phi) is 2.07. The molecule has 0 bridgehead atoms. The first-order valence-corrected chi connectivity index (χ1v) is 5.48. The minimum atomic E-state index is 0.250. The first-order chi connectivity index (χ1) is 7.78. The van der Waals surface area contributed by atoms with E-state index in [0.717, 1.165) is 36.2 Å². The second kappa shape index (κ2) is 3.45. The van der Waals surface area contributed by atoms with Crippen LogP contribution in [-0.2, 0) is 13.0 Å². The number of hydrogen-bond acceptors (Lipinski definition) is 3. The summed E-state index contributed by atoms with van der Waals surface area (Å²) in [7, 11) is 1.64. The van der Waals surface area contributed by atoms with E-state index >= 15 is 0 Å². The van der Waals surface area contributed by atoms with E-state index in [1.165, 1.54) is 0 Å². The topological polar surface area (TPSA) is 57.0 Å². The molecule has 2 aromatic rings. The van der Waals surface area contributed by atoms with Gasteiger partial charge in [-0.25, -0.2) is 4.98 Å². The molecule has 5 nitrogen and oxygen atoms in total. The van der Waals surface area contributed by atoms with Crippen molar-refractivity contribution in [2.75, 3.05) is 7.11 Å². The maximum atomic E-state index is 5.98. The van der Waals surface area contributed by atoms with Gasteiger partial charge in [-0.2, -0.15) is 0 Å². The lowest BCUT2D eigenvalue weighted by Gasteiger charge is -2.20. The summed E-state index contributed by atoms with van der Waals surface area (Å²) in [6, 6.07) is 2.27. The summed E-state index contributed by atoms with van der Waals surface area (Å²) in [4.78, 5) is 9.72. The van der Waals surface area contributed by atoms with E-state index in [9.17, 15) is 0 Å². The quantitative estimate of drug-likeness (QED) is 0.667.